The first-order valence-corrected chi connectivity index (χ1v) is 21.4. The molecule has 0 aliphatic carbocycles. The number of nitrogens with zero attached hydrogens (tertiary/aromatic N) is 1. The van der Waals surface area contributed by atoms with Crippen molar-refractivity contribution in [3.8, 4) is 0 Å². The number of likely N-dealkylation sites (N-methyl/N-ethyl adjacent to an activating group) is 1. The molecule has 0 saturated carbocycles. The minimum absolute atomic E-state index is 0.137. The van der Waals surface area contributed by atoms with Crippen LogP contribution < -0.4 is 5.32 Å². The molecule has 5 N–H and O–H groups in total. The topological polar surface area (TPSA) is 196 Å². The number of fused-ring (bicyclic) bond motifs is 2. The lowest BCUT2D eigenvalue weighted by molar-refractivity contribution is -0.318. The van der Waals surface area contributed by atoms with E-state index in [2.05, 4.69) is 5.32 Å². The highest BCUT2D eigenvalue weighted by Crippen LogP contribution is 2.43. The monoisotopic (exact) mass is 835 g/mol. The molecule has 4 saturated heterocycles. The van der Waals surface area contributed by atoms with Gasteiger partial charge in [0.25, 0.3) is 0 Å². The van der Waals surface area contributed by atoms with Gasteiger partial charge in [0.15, 0.2) is 12.6 Å². The van der Waals surface area contributed by atoms with Crippen molar-refractivity contribution in [3.63, 3.8) is 0 Å². The van der Waals surface area contributed by atoms with E-state index in [9.17, 15) is 25.2 Å². The second kappa shape index (κ2) is 20.4. The van der Waals surface area contributed by atoms with Gasteiger partial charge in [-0.15, -0.1) is 0 Å². The van der Waals surface area contributed by atoms with Crippen LogP contribution >= 0.6 is 0 Å². The molecule has 0 aromatic heterocycles. The van der Waals surface area contributed by atoms with E-state index >= 15 is 0 Å². The number of nitrogens with one attached hydrogen (secondary N) is 1. The van der Waals surface area contributed by atoms with Crippen molar-refractivity contribution in [1.29, 1.82) is 0 Å². The van der Waals surface area contributed by atoms with Gasteiger partial charge in [-0.3, -0.25) is 10.1 Å². The lowest BCUT2D eigenvalue weighted by atomic mass is 9.71. The Morgan fingerprint density at radius 3 is 2.19 bits per heavy atom. The fourth-order valence-corrected chi connectivity index (χ4v) is 10.0. The third-order valence-corrected chi connectivity index (χ3v) is 13.5. The molecule has 16 heteroatoms. The van der Waals surface area contributed by atoms with Gasteiger partial charge in [-0.05, 0) is 80.8 Å². The highest BCUT2D eigenvalue weighted by Gasteiger charge is 2.55. The molecule has 0 aromatic carbocycles. The maximum atomic E-state index is 14.5. The van der Waals surface area contributed by atoms with Gasteiger partial charge in [0.1, 0.15) is 30.1 Å². The summed E-state index contributed by atoms with van der Waals surface area (Å²) in [5.74, 6) is -2.95. The van der Waals surface area contributed by atoms with Crippen molar-refractivity contribution in [2.45, 2.75) is 191 Å². The summed E-state index contributed by atoms with van der Waals surface area (Å²) in [5.41, 5.74) is -4.27. The molecule has 0 radical (unpaired) electrons. The lowest BCUT2D eigenvalue weighted by Gasteiger charge is -2.52. The molecule has 20 atom stereocenters. The molecule has 4 fully saturated rings. The maximum absolute atomic E-state index is 14.5. The highest BCUT2D eigenvalue weighted by molar-refractivity contribution is 5.73. The molecule has 4 aliphatic heterocycles. The van der Waals surface area contributed by atoms with Gasteiger partial charge in [0.2, 0.25) is 0 Å². The van der Waals surface area contributed by atoms with Crippen LogP contribution in [0.15, 0.2) is 0 Å². The molecule has 4 rings (SSSR count). The zero-order valence-electron chi connectivity index (χ0n) is 37.6. The first-order valence-electron chi connectivity index (χ1n) is 21.4. The predicted molar refractivity (Wildman–Crippen MR) is 214 cm³/mol. The number of ether oxygens (including phenoxy) is 9. The predicted octanol–water partition coefficient (Wildman–Crippen LogP) is 2.20. The van der Waals surface area contributed by atoms with Crippen LogP contribution in [0.4, 0.5) is 0 Å². The number of hydrogen-bond donors (Lipinski definition) is 5. The van der Waals surface area contributed by atoms with Gasteiger partial charge in [0.05, 0.1) is 67.5 Å². The molecule has 14 unspecified atom stereocenters. The van der Waals surface area contributed by atoms with Crippen molar-refractivity contribution in [3.05, 3.63) is 0 Å². The third kappa shape index (κ3) is 11.1. The summed E-state index contributed by atoms with van der Waals surface area (Å²) in [5, 5.41) is 51.5. The van der Waals surface area contributed by atoms with Gasteiger partial charge in [0, 0.05) is 44.6 Å². The second-order valence-corrected chi connectivity index (χ2v) is 18.6. The number of esters is 1. The molecule has 16 nitrogen and oxygen atoms in total. The normalized spacial score (nSPS) is 48.7. The molecule has 4 heterocycles. The van der Waals surface area contributed by atoms with E-state index in [-0.39, 0.29) is 55.9 Å². The Bertz CT molecular complexity index is 1290. The van der Waals surface area contributed by atoms with Gasteiger partial charge in [-0.2, -0.15) is 0 Å². The van der Waals surface area contributed by atoms with Gasteiger partial charge >= 0.3 is 5.97 Å². The molecule has 4 aliphatic rings. The van der Waals surface area contributed by atoms with E-state index in [1.54, 1.807) is 41.7 Å². The number of hydrogen-bond acceptors (Lipinski definition) is 16. The lowest BCUT2D eigenvalue weighted by Crippen LogP contribution is -2.67. The van der Waals surface area contributed by atoms with E-state index in [0.29, 0.717) is 19.6 Å². The molecule has 0 aromatic rings. The molecule has 58 heavy (non-hydrogen) atoms. The van der Waals surface area contributed by atoms with E-state index in [1.807, 2.05) is 53.6 Å². The van der Waals surface area contributed by atoms with Crippen LogP contribution in [0.3, 0.4) is 0 Å². The van der Waals surface area contributed by atoms with Crippen LogP contribution in [0, 0.1) is 23.7 Å². The summed E-state index contributed by atoms with van der Waals surface area (Å²) in [6.07, 6.45) is -8.29. The summed E-state index contributed by atoms with van der Waals surface area (Å²) in [6, 6.07) is -0.593. The third-order valence-electron chi connectivity index (χ3n) is 13.5. The number of methoxy groups -OCH3 is 2. The first-order chi connectivity index (χ1) is 27.0. The summed E-state index contributed by atoms with van der Waals surface area (Å²) in [6.45, 7) is 19.1. The number of rotatable bonds is 12. The molecule has 340 valence electrons. The van der Waals surface area contributed by atoms with Crippen LogP contribution in [0.25, 0.3) is 0 Å². The van der Waals surface area contributed by atoms with Crippen LogP contribution in [0.5, 0.6) is 0 Å². The fourth-order valence-electron chi connectivity index (χ4n) is 10.0. The molecular weight excluding hydrogens is 756 g/mol. The highest BCUT2D eigenvalue weighted by atomic mass is 16.7. The Morgan fingerprint density at radius 2 is 1.59 bits per heavy atom. The first kappa shape index (κ1) is 49.6. The van der Waals surface area contributed by atoms with E-state index < -0.39 is 96.1 Å². The van der Waals surface area contributed by atoms with Crippen molar-refractivity contribution in [2.75, 3.05) is 48.1 Å². The van der Waals surface area contributed by atoms with Crippen LogP contribution in [0.2, 0.25) is 0 Å². The zero-order chi connectivity index (χ0) is 43.5. The van der Waals surface area contributed by atoms with Crippen molar-refractivity contribution < 1.29 is 67.9 Å². The van der Waals surface area contributed by atoms with Crippen LogP contribution in [0.1, 0.15) is 94.9 Å². The largest absolute Gasteiger partial charge is 0.459 e. The number of aliphatic hydroxyl groups is 4. The van der Waals surface area contributed by atoms with E-state index in [4.69, 9.17) is 42.6 Å². The summed E-state index contributed by atoms with van der Waals surface area (Å²) in [7, 11) is 6.90. The van der Waals surface area contributed by atoms with Crippen molar-refractivity contribution in [2.24, 2.45) is 23.7 Å². The standard InChI is InChI=1S/C42H78N2O14/c1-15-29-42(10,49)37-24(4)32(43-30(56-37)21-52-17-16-50-13)22(2)19-40(8,48)36(58-39-33(45)28(44(11)12)18-23(3)53-39)25(5)34(26(6)38(47)55-29)57-31-20-41(9,51-14)35(46)27(7)54-31/h22-37,39,43,45-46,48-49H,15-21H2,1-14H3/t22-,23?,24?,25+,26-,27?,28?,29?,30?,31?,32?,33?,34?,35?,36-,37?,39?,40-,41?,42-/m0/s1. The summed E-state index contributed by atoms with van der Waals surface area (Å²) in [4.78, 5) is 16.4. The number of cyclic esters (lactones) is 1. The quantitative estimate of drug-likeness (QED) is 0.142. The minimum Gasteiger partial charge on any atom is -0.459 e. The van der Waals surface area contributed by atoms with Gasteiger partial charge in [-0.25, -0.2) is 0 Å². The zero-order valence-corrected chi connectivity index (χ0v) is 37.6. The van der Waals surface area contributed by atoms with Gasteiger partial charge < -0.3 is 68.0 Å². The second-order valence-electron chi connectivity index (χ2n) is 18.6. The van der Waals surface area contributed by atoms with Crippen LogP contribution in [-0.4, -0.2) is 176 Å². The average Bonchev–Trinajstić information content (AvgIpc) is 3.15. The minimum atomic E-state index is -1.64. The molecular formula is C42H78N2O14. The average molecular weight is 835 g/mol. The SMILES string of the molecule is CCC1OC(=O)[C@@H](C)C(OC2CC(C)(OC)C(O)C(C)O2)[C@@H](C)[C@H](OC2OC(C)CC(N(C)C)C2O)[C@@](C)(O)C[C@H](C)C2NC(COCCOC)OC(C2C)[C@@]1(C)O. The Balaban J connectivity index is 1.83. The summed E-state index contributed by atoms with van der Waals surface area (Å²) >= 11 is 0. The Labute approximate surface area is 346 Å². The molecule has 2 bridgehead atoms. The number of carbonyl (C=O) groups is 1. The fraction of sp³-hybridized carbons (Fsp3) is 0.976. The van der Waals surface area contributed by atoms with Gasteiger partial charge in [-0.1, -0.05) is 27.7 Å². The Kier molecular flexibility index (Phi) is 17.4. The van der Waals surface area contributed by atoms with Crippen molar-refractivity contribution >= 4 is 5.97 Å². The summed E-state index contributed by atoms with van der Waals surface area (Å²) < 4.78 is 55.7. The molecule has 0 amide bonds. The number of carbonyl (C=O) groups excluding carboxylic acids is 1. The van der Waals surface area contributed by atoms with Crippen LogP contribution in [-0.2, 0) is 47.4 Å². The van der Waals surface area contributed by atoms with E-state index in [1.165, 1.54) is 7.11 Å². The maximum Gasteiger partial charge on any atom is 0.311 e. The molecule has 0 spiro atoms. The van der Waals surface area contributed by atoms with E-state index in [0.717, 1.165) is 0 Å². The Morgan fingerprint density at radius 1 is 0.914 bits per heavy atom. The smallest absolute Gasteiger partial charge is 0.311 e. The van der Waals surface area contributed by atoms with Crippen molar-refractivity contribution in [1.82, 2.24) is 10.2 Å². The Hall–Kier alpha value is -1.09. The number of aliphatic hydroxyl groups excluding tert-OH is 2.